The van der Waals surface area contributed by atoms with Crippen LogP contribution < -0.4 is 0 Å². The van der Waals surface area contributed by atoms with Gasteiger partial charge in [-0.15, -0.1) is 0 Å². The minimum absolute atomic E-state index is 0.472. The first kappa shape index (κ1) is 12.8. The Labute approximate surface area is 89.4 Å². The van der Waals surface area contributed by atoms with E-state index in [1.165, 1.54) is 0 Å². The van der Waals surface area contributed by atoms with Crippen LogP contribution in [0.2, 0.25) is 0 Å². The standard InChI is InChI=1S/C7H7F3N2O3S/c1-16(13,14)15-6(7(8,9)10)5-2-11-4-12-3-5/h2-4,6H,1H3. The zero-order chi connectivity index (χ0) is 12.4. The lowest BCUT2D eigenvalue weighted by Gasteiger charge is -2.18. The molecule has 1 atom stereocenters. The van der Waals surface area contributed by atoms with Crippen molar-refractivity contribution in [3.05, 3.63) is 24.3 Å². The number of rotatable bonds is 3. The third-order valence-electron chi connectivity index (χ3n) is 1.45. The summed E-state index contributed by atoms with van der Waals surface area (Å²) < 4.78 is 62.8. The van der Waals surface area contributed by atoms with Gasteiger partial charge in [-0.1, -0.05) is 0 Å². The second kappa shape index (κ2) is 4.34. The molecule has 0 amide bonds. The molecular formula is C7H7F3N2O3S. The lowest BCUT2D eigenvalue weighted by atomic mass is 10.2. The summed E-state index contributed by atoms with van der Waals surface area (Å²) in [6, 6.07) is 0. The zero-order valence-electron chi connectivity index (χ0n) is 7.97. The van der Waals surface area contributed by atoms with Gasteiger partial charge in [0.1, 0.15) is 6.33 Å². The molecule has 0 saturated heterocycles. The SMILES string of the molecule is CS(=O)(=O)OC(c1cncnc1)C(F)(F)F. The van der Waals surface area contributed by atoms with Crippen LogP contribution in [0.25, 0.3) is 0 Å². The molecule has 0 aliphatic rings. The van der Waals surface area contributed by atoms with E-state index < -0.39 is 28.0 Å². The number of alkyl halides is 3. The monoisotopic (exact) mass is 256 g/mol. The Hall–Kier alpha value is -1.22. The molecule has 1 unspecified atom stereocenters. The average molecular weight is 256 g/mol. The van der Waals surface area contributed by atoms with Crippen molar-refractivity contribution in [1.82, 2.24) is 9.97 Å². The van der Waals surface area contributed by atoms with Crippen molar-refractivity contribution in [3.63, 3.8) is 0 Å². The van der Waals surface area contributed by atoms with Crippen molar-refractivity contribution < 1.29 is 25.8 Å². The van der Waals surface area contributed by atoms with Gasteiger partial charge in [-0.2, -0.15) is 21.6 Å². The largest absolute Gasteiger partial charge is 0.420 e. The van der Waals surface area contributed by atoms with E-state index in [0.29, 0.717) is 6.26 Å². The number of nitrogens with zero attached hydrogens (tertiary/aromatic N) is 2. The number of hydrogen-bond donors (Lipinski definition) is 0. The summed E-state index contributed by atoms with van der Waals surface area (Å²) in [6.07, 6.45) is -4.18. The Balaban J connectivity index is 3.08. The van der Waals surface area contributed by atoms with Crippen LogP contribution in [-0.4, -0.2) is 30.8 Å². The fourth-order valence-corrected chi connectivity index (χ4v) is 1.49. The summed E-state index contributed by atoms with van der Waals surface area (Å²) in [5.74, 6) is 0. The molecule has 0 aliphatic carbocycles. The number of halogens is 3. The van der Waals surface area contributed by atoms with E-state index in [0.717, 1.165) is 18.7 Å². The molecule has 0 aliphatic heterocycles. The predicted molar refractivity (Wildman–Crippen MR) is 46.8 cm³/mol. The van der Waals surface area contributed by atoms with Crippen molar-refractivity contribution >= 4 is 10.1 Å². The summed E-state index contributed by atoms with van der Waals surface area (Å²) in [5, 5.41) is 0. The third-order valence-corrected chi connectivity index (χ3v) is 1.99. The first-order valence-electron chi connectivity index (χ1n) is 3.90. The summed E-state index contributed by atoms with van der Waals surface area (Å²) >= 11 is 0. The van der Waals surface area contributed by atoms with Gasteiger partial charge in [0, 0.05) is 18.0 Å². The highest BCUT2D eigenvalue weighted by molar-refractivity contribution is 7.86. The van der Waals surface area contributed by atoms with E-state index in [1.807, 2.05) is 0 Å². The predicted octanol–water partition coefficient (Wildman–Crippen LogP) is 1.06. The summed E-state index contributed by atoms with van der Waals surface area (Å²) in [4.78, 5) is 6.73. The molecule has 1 aromatic heterocycles. The maximum atomic E-state index is 12.5. The Morgan fingerprint density at radius 3 is 2.19 bits per heavy atom. The van der Waals surface area contributed by atoms with Gasteiger partial charge in [0.2, 0.25) is 6.10 Å². The maximum Gasteiger partial charge on any atom is 0.420 e. The quantitative estimate of drug-likeness (QED) is 0.756. The molecule has 0 aromatic carbocycles. The smallest absolute Gasteiger partial charge is 0.252 e. The minimum atomic E-state index is -4.85. The average Bonchev–Trinajstić information content (AvgIpc) is 2.13. The second-order valence-corrected chi connectivity index (χ2v) is 4.49. The molecule has 1 heterocycles. The molecule has 0 radical (unpaired) electrons. The molecule has 90 valence electrons. The molecule has 5 nitrogen and oxygen atoms in total. The van der Waals surface area contributed by atoms with Crippen LogP contribution >= 0.6 is 0 Å². The molecule has 1 aromatic rings. The van der Waals surface area contributed by atoms with Crippen LogP contribution in [0.1, 0.15) is 11.7 Å². The highest BCUT2D eigenvalue weighted by Gasteiger charge is 2.44. The Morgan fingerprint density at radius 2 is 1.81 bits per heavy atom. The van der Waals surface area contributed by atoms with Crippen LogP contribution in [0.15, 0.2) is 18.7 Å². The van der Waals surface area contributed by atoms with E-state index in [4.69, 9.17) is 0 Å². The van der Waals surface area contributed by atoms with Gasteiger partial charge >= 0.3 is 6.18 Å². The van der Waals surface area contributed by atoms with Crippen molar-refractivity contribution in [3.8, 4) is 0 Å². The topological polar surface area (TPSA) is 69.2 Å². The van der Waals surface area contributed by atoms with Crippen molar-refractivity contribution in [2.45, 2.75) is 12.3 Å². The minimum Gasteiger partial charge on any atom is -0.252 e. The molecule has 1 rings (SSSR count). The van der Waals surface area contributed by atoms with Crippen LogP contribution in [0.4, 0.5) is 13.2 Å². The molecule has 0 fully saturated rings. The van der Waals surface area contributed by atoms with Gasteiger partial charge in [0.15, 0.2) is 0 Å². The van der Waals surface area contributed by atoms with Gasteiger partial charge in [-0.3, -0.25) is 4.18 Å². The summed E-state index contributed by atoms with van der Waals surface area (Å²) in [7, 11) is -4.23. The van der Waals surface area contributed by atoms with E-state index >= 15 is 0 Å². The molecule has 0 saturated carbocycles. The van der Waals surface area contributed by atoms with E-state index in [-0.39, 0.29) is 0 Å². The molecular weight excluding hydrogens is 249 g/mol. The highest BCUT2D eigenvalue weighted by atomic mass is 32.2. The van der Waals surface area contributed by atoms with Crippen molar-refractivity contribution in [1.29, 1.82) is 0 Å². The fourth-order valence-electron chi connectivity index (χ4n) is 0.920. The summed E-state index contributed by atoms with van der Waals surface area (Å²) in [5.41, 5.74) is -0.472. The van der Waals surface area contributed by atoms with Crippen LogP contribution in [-0.2, 0) is 14.3 Å². The van der Waals surface area contributed by atoms with Gasteiger partial charge in [-0.25, -0.2) is 9.97 Å². The Kier molecular flexibility index (Phi) is 3.48. The Bertz CT molecular complexity index is 446. The van der Waals surface area contributed by atoms with E-state index in [1.54, 1.807) is 0 Å². The lowest BCUT2D eigenvalue weighted by molar-refractivity contribution is -0.196. The zero-order valence-corrected chi connectivity index (χ0v) is 8.79. The van der Waals surface area contributed by atoms with Crippen LogP contribution in [0, 0.1) is 0 Å². The normalized spacial score (nSPS) is 14.8. The molecule has 9 heteroatoms. The number of aromatic nitrogens is 2. The second-order valence-electron chi connectivity index (χ2n) is 2.89. The van der Waals surface area contributed by atoms with E-state index in [2.05, 4.69) is 14.2 Å². The molecule has 0 N–H and O–H groups in total. The van der Waals surface area contributed by atoms with Gasteiger partial charge in [-0.05, 0) is 0 Å². The van der Waals surface area contributed by atoms with Crippen LogP contribution in [0.5, 0.6) is 0 Å². The highest BCUT2D eigenvalue weighted by Crippen LogP contribution is 2.36. The third kappa shape index (κ3) is 3.74. The van der Waals surface area contributed by atoms with E-state index in [9.17, 15) is 21.6 Å². The summed E-state index contributed by atoms with van der Waals surface area (Å²) in [6.45, 7) is 0. The van der Waals surface area contributed by atoms with Crippen molar-refractivity contribution in [2.24, 2.45) is 0 Å². The van der Waals surface area contributed by atoms with Gasteiger partial charge in [0.25, 0.3) is 10.1 Å². The van der Waals surface area contributed by atoms with Crippen LogP contribution in [0.3, 0.4) is 0 Å². The maximum absolute atomic E-state index is 12.5. The van der Waals surface area contributed by atoms with Gasteiger partial charge in [0.05, 0.1) is 6.26 Å². The molecule has 0 bridgehead atoms. The number of hydrogen-bond acceptors (Lipinski definition) is 5. The molecule has 16 heavy (non-hydrogen) atoms. The fraction of sp³-hybridized carbons (Fsp3) is 0.429. The van der Waals surface area contributed by atoms with Gasteiger partial charge < -0.3 is 0 Å². The Morgan fingerprint density at radius 1 is 1.31 bits per heavy atom. The first-order valence-corrected chi connectivity index (χ1v) is 5.71. The van der Waals surface area contributed by atoms with Crippen molar-refractivity contribution in [2.75, 3.05) is 6.26 Å². The molecule has 0 spiro atoms. The lowest BCUT2D eigenvalue weighted by Crippen LogP contribution is -2.26. The first-order chi connectivity index (χ1) is 7.20.